The Kier molecular flexibility index (Phi) is 5.33. The van der Waals surface area contributed by atoms with E-state index in [1.54, 1.807) is 30.6 Å². The second-order valence-electron chi connectivity index (χ2n) is 6.85. The van der Waals surface area contributed by atoms with Gasteiger partial charge in [0, 0.05) is 27.8 Å². The summed E-state index contributed by atoms with van der Waals surface area (Å²) in [5.74, 6) is -3.00. The summed E-state index contributed by atoms with van der Waals surface area (Å²) in [5, 5.41) is 13.6. The first kappa shape index (κ1) is 19.8. The molecule has 1 atom stereocenters. The quantitative estimate of drug-likeness (QED) is 0.368. The normalized spacial score (nSPS) is 18.1. The molecule has 1 amide bonds. The summed E-state index contributed by atoms with van der Waals surface area (Å²) in [6.07, 6.45) is 3.38. The molecule has 0 aliphatic carbocycles. The number of benzene rings is 2. The summed E-state index contributed by atoms with van der Waals surface area (Å²) < 4.78 is 14.7. The average molecular weight is 423 g/mol. The van der Waals surface area contributed by atoms with E-state index >= 15 is 0 Å². The molecule has 0 spiro atoms. The minimum Gasteiger partial charge on any atom is -0.872 e. The molecule has 0 radical (unpaired) electrons. The predicted octanol–water partition coefficient (Wildman–Crippen LogP) is 2.72. The van der Waals surface area contributed by atoms with Crippen LogP contribution in [0.5, 0.6) is 0 Å². The minimum atomic E-state index is -1.13. The molecular formula is C23H16ClFN2O3. The molecule has 7 heteroatoms. The number of Topliss-reactive ketones (excluding diaryl/α,β-unsaturated/α-hetero) is 1. The fraction of sp³-hybridized carbons (Fsp3) is 0.0870. The van der Waals surface area contributed by atoms with Crippen LogP contribution in [0, 0.1) is 5.82 Å². The Balaban J connectivity index is 1.88. The molecule has 1 N–H and O–H groups in total. The molecule has 3 aromatic rings. The third-order valence-corrected chi connectivity index (χ3v) is 5.21. The lowest BCUT2D eigenvalue weighted by Gasteiger charge is -2.27. The maximum Gasteiger partial charge on any atom is 0.295 e. The smallest absolute Gasteiger partial charge is 0.295 e. The molecule has 4 rings (SSSR count). The Morgan fingerprint density at radius 3 is 2.47 bits per heavy atom. The monoisotopic (exact) mass is 422 g/mol. The first-order valence-electron chi connectivity index (χ1n) is 9.19. The molecule has 30 heavy (non-hydrogen) atoms. The Hall–Kier alpha value is -3.51. The number of carbonyl (C=O) groups is 2. The number of rotatable bonds is 4. The van der Waals surface area contributed by atoms with Gasteiger partial charge in [-0.25, -0.2) is 9.37 Å². The number of likely N-dealkylation sites (tertiary alicyclic amines) is 1. The van der Waals surface area contributed by atoms with Gasteiger partial charge in [-0.1, -0.05) is 47.7 Å². The number of nitrogens with zero attached hydrogens (tertiary/aromatic N) is 1. The fourth-order valence-electron chi connectivity index (χ4n) is 3.54. The number of aromatic amines is 1. The second kappa shape index (κ2) is 8.08. The number of H-pyrrole nitrogens is 1. The lowest BCUT2D eigenvalue weighted by Crippen LogP contribution is -2.30. The Morgan fingerprint density at radius 1 is 1.07 bits per heavy atom. The predicted molar refractivity (Wildman–Crippen MR) is 106 cm³/mol. The first-order valence-corrected chi connectivity index (χ1v) is 9.57. The van der Waals surface area contributed by atoms with Gasteiger partial charge >= 0.3 is 0 Å². The highest BCUT2D eigenvalue weighted by Gasteiger charge is 2.45. The molecule has 1 aliphatic rings. The topological polar surface area (TPSA) is 74.6 Å². The maximum atomic E-state index is 14.7. The molecule has 0 saturated carbocycles. The van der Waals surface area contributed by atoms with Crippen molar-refractivity contribution in [2.24, 2.45) is 0 Å². The zero-order valence-corrected chi connectivity index (χ0v) is 16.4. The number of hydrogen-bond acceptors (Lipinski definition) is 3. The molecule has 1 fully saturated rings. The van der Waals surface area contributed by atoms with Gasteiger partial charge < -0.3 is 10.0 Å². The number of amides is 1. The summed E-state index contributed by atoms with van der Waals surface area (Å²) in [4.78, 5) is 29.9. The van der Waals surface area contributed by atoms with Crippen LogP contribution in [0.1, 0.15) is 22.7 Å². The van der Waals surface area contributed by atoms with Crippen molar-refractivity contribution in [2.75, 3.05) is 0 Å². The Labute approximate surface area is 177 Å². The van der Waals surface area contributed by atoms with Crippen LogP contribution in [0.3, 0.4) is 0 Å². The van der Waals surface area contributed by atoms with E-state index in [-0.39, 0.29) is 23.2 Å². The fourth-order valence-corrected chi connectivity index (χ4v) is 3.66. The van der Waals surface area contributed by atoms with E-state index in [4.69, 9.17) is 11.6 Å². The molecule has 150 valence electrons. The average Bonchev–Trinajstić information content (AvgIpc) is 3.00. The summed E-state index contributed by atoms with van der Waals surface area (Å²) in [6.45, 7) is 0.0400. The lowest BCUT2D eigenvalue weighted by atomic mass is 9.95. The van der Waals surface area contributed by atoms with Crippen LogP contribution in [0.25, 0.3) is 5.76 Å². The van der Waals surface area contributed by atoms with Crippen molar-refractivity contribution in [2.45, 2.75) is 12.6 Å². The standard InChI is InChI=1S/C23H16ClFN2O3/c24-16-9-7-15(8-10-16)21(28)19-20(17-5-1-2-6-18(17)25)27(23(30)22(19)29)13-14-4-3-11-26-12-14/h1-12,20,28H,13H2. The van der Waals surface area contributed by atoms with Gasteiger partial charge in [0.25, 0.3) is 5.91 Å². The molecule has 5 nitrogen and oxygen atoms in total. The van der Waals surface area contributed by atoms with Crippen LogP contribution < -0.4 is 10.1 Å². The zero-order valence-electron chi connectivity index (χ0n) is 15.6. The van der Waals surface area contributed by atoms with Gasteiger partial charge in [-0.3, -0.25) is 9.59 Å². The molecule has 2 heterocycles. The highest BCUT2D eigenvalue weighted by molar-refractivity contribution is 6.46. The Bertz CT molecular complexity index is 1150. The number of hydrogen-bond donors (Lipinski definition) is 0. The van der Waals surface area contributed by atoms with Crippen LogP contribution in [0.15, 0.2) is 78.6 Å². The van der Waals surface area contributed by atoms with Gasteiger partial charge in [-0.05, 0) is 29.8 Å². The van der Waals surface area contributed by atoms with Gasteiger partial charge in [-0.15, -0.1) is 0 Å². The van der Waals surface area contributed by atoms with Crippen molar-refractivity contribution in [3.63, 3.8) is 0 Å². The third kappa shape index (κ3) is 3.57. The van der Waals surface area contributed by atoms with E-state index < -0.39 is 29.3 Å². The van der Waals surface area contributed by atoms with Crippen LogP contribution in [-0.2, 0) is 16.1 Å². The van der Waals surface area contributed by atoms with Gasteiger partial charge in [0.2, 0.25) is 5.78 Å². The molecule has 1 aliphatic heterocycles. The van der Waals surface area contributed by atoms with Crippen LogP contribution in [0.2, 0.25) is 5.02 Å². The molecule has 0 bridgehead atoms. The van der Waals surface area contributed by atoms with E-state index in [1.807, 2.05) is 0 Å². The van der Waals surface area contributed by atoms with E-state index in [0.717, 1.165) is 0 Å². The SMILES string of the molecule is O=C1C(=O)N(Cc2ccc[nH+]c2)C(c2ccccc2F)C1=C([O-])c1ccc(Cl)cc1. The van der Waals surface area contributed by atoms with Crippen molar-refractivity contribution >= 4 is 29.1 Å². The number of ketones is 1. The van der Waals surface area contributed by atoms with Crippen molar-refractivity contribution < 1.29 is 24.1 Å². The van der Waals surface area contributed by atoms with Gasteiger partial charge in [0.05, 0.1) is 12.6 Å². The summed E-state index contributed by atoms with van der Waals surface area (Å²) in [5.41, 5.74) is 0.730. The van der Waals surface area contributed by atoms with Crippen LogP contribution in [-0.4, -0.2) is 16.6 Å². The Morgan fingerprint density at radius 2 is 1.80 bits per heavy atom. The highest BCUT2D eigenvalue weighted by Crippen LogP contribution is 2.40. The minimum absolute atomic E-state index is 0.0400. The van der Waals surface area contributed by atoms with E-state index in [0.29, 0.717) is 10.6 Å². The van der Waals surface area contributed by atoms with Gasteiger partial charge in [0.15, 0.2) is 12.4 Å². The van der Waals surface area contributed by atoms with Crippen molar-refractivity contribution in [3.05, 3.63) is 106 Å². The van der Waals surface area contributed by atoms with Gasteiger partial charge in [0.1, 0.15) is 5.82 Å². The molecule has 1 unspecified atom stereocenters. The van der Waals surface area contributed by atoms with Crippen molar-refractivity contribution in [1.82, 2.24) is 4.90 Å². The number of halogens is 2. The molecule has 1 saturated heterocycles. The van der Waals surface area contributed by atoms with Crippen molar-refractivity contribution in [3.8, 4) is 0 Å². The number of carbonyl (C=O) groups excluding carboxylic acids is 2. The first-order chi connectivity index (χ1) is 14.5. The molecular weight excluding hydrogens is 407 g/mol. The number of aromatic nitrogens is 1. The van der Waals surface area contributed by atoms with Crippen molar-refractivity contribution in [1.29, 1.82) is 0 Å². The van der Waals surface area contributed by atoms with Crippen LogP contribution in [0.4, 0.5) is 4.39 Å². The summed E-state index contributed by atoms with van der Waals surface area (Å²) >= 11 is 5.89. The van der Waals surface area contributed by atoms with E-state index in [2.05, 4.69) is 4.98 Å². The molecule has 1 aromatic heterocycles. The summed E-state index contributed by atoms with van der Waals surface area (Å²) in [6, 6.07) is 14.2. The van der Waals surface area contributed by atoms with Crippen LogP contribution >= 0.6 is 11.6 Å². The highest BCUT2D eigenvalue weighted by atomic mass is 35.5. The largest absolute Gasteiger partial charge is 0.872 e. The zero-order chi connectivity index (χ0) is 21.3. The van der Waals surface area contributed by atoms with E-state index in [9.17, 15) is 19.1 Å². The second-order valence-corrected chi connectivity index (χ2v) is 7.28. The lowest BCUT2D eigenvalue weighted by molar-refractivity contribution is -0.378. The third-order valence-electron chi connectivity index (χ3n) is 4.96. The summed E-state index contributed by atoms with van der Waals surface area (Å²) in [7, 11) is 0. The molecule has 2 aromatic carbocycles. The van der Waals surface area contributed by atoms with Gasteiger partial charge in [-0.2, -0.15) is 0 Å². The maximum absolute atomic E-state index is 14.7. The van der Waals surface area contributed by atoms with E-state index in [1.165, 1.54) is 47.4 Å². The number of nitrogens with one attached hydrogen (secondary N) is 1. The number of pyridine rings is 1.